The molecule has 2 aliphatic heterocycles. The molecular weight excluding hydrogens is 424 g/mol. The van der Waals surface area contributed by atoms with Gasteiger partial charge in [-0.1, -0.05) is 18.6 Å². The van der Waals surface area contributed by atoms with Crippen LogP contribution in [0.25, 0.3) is 11.4 Å². The van der Waals surface area contributed by atoms with Gasteiger partial charge < -0.3 is 20.1 Å². The molecule has 178 valence electrons. The van der Waals surface area contributed by atoms with E-state index in [0.29, 0.717) is 0 Å². The summed E-state index contributed by atoms with van der Waals surface area (Å²) in [6.45, 7) is 5.07. The molecule has 1 atom stereocenters. The maximum atomic E-state index is 12.8. The van der Waals surface area contributed by atoms with Crippen molar-refractivity contribution in [3.05, 3.63) is 54.4 Å². The molecule has 3 heterocycles. The normalized spacial score (nSPS) is 16.9. The van der Waals surface area contributed by atoms with Crippen LogP contribution in [0.15, 0.2) is 48.5 Å². The van der Waals surface area contributed by atoms with Crippen LogP contribution in [0, 0.1) is 0 Å². The SMILES string of the molecule is CC(Nc1cccc(-c2nnc3n2CCCCC3)c1)C(=O)Nc1ccc(N2CCCCC2)cc1. The number of hydrogen-bond donors (Lipinski definition) is 2. The molecule has 7 nitrogen and oxygen atoms in total. The number of carbonyl (C=O) groups excluding carboxylic acids is 1. The Morgan fingerprint density at radius 2 is 1.65 bits per heavy atom. The monoisotopic (exact) mass is 458 g/mol. The first-order chi connectivity index (χ1) is 16.7. The minimum absolute atomic E-state index is 0.0625. The third-order valence-electron chi connectivity index (χ3n) is 6.86. The molecule has 7 heteroatoms. The van der Waals surface area contributed by atoms with E-state index >= 15 is 0 Å². The number of aryl methyl sites for hydroxylation is 1. The lowest BCUT2D eigenvalue weighted by Crippen LogP contribution is -2.32. The van der Waals surface area contributed by atoms with Crippen LogP contribution in [-0.4, -0.2) is 39.8 Å². The van der Waals surface area contributed by atoms with Gasteiger partial charge in [-0.3, -0.25) is 4.79 Å². The minimum atomic E-state index is -0.382. The van der Waals surface area contributed by atoms with E-state index in [2.05, 4.69) is 54.6 Å². The van der Waals surface area contributed by atoms with Crippen LogP contribution < -0.4 is 15.5 Å². The van der Waals surface area contributed by atoms with E-state index in [4.69, 9.17) is 0 Å². The summed E-state index contributed by atoms with van der Waals surface area (Å²) >= 11 is 0. The Morgan fingerprint density at radius 1 is 0.882 bits per heavy atom. The largest absolute Gasteiger partial charge is 0.374 e. The maximum Gasteiger partial charge on any atom is 0.246 e. The van der Waals surface area contributed by atoms with E-state index in [9.17, 15) is 4.79 Å². The highest BCUT2D eigenvalue weighted by atomic mass is 16.2. The third-order valence-corrected chi connectivity index (χ3v) is 6.86. The van der Waals surface area contributed by atoms with Crippen LogP contribution in [0.5, 0.6) is 0 Å². The van der Waals surface area contributed by atoms with E-state index in [1.807, 2.05) is 31.2 Å². The number of hydrogen-bond acceptors (Lipinski definition) is 5. The standard InChI is InChI=1S/C27H34N6O/c1-20(27(34)29-22-12-14-24(15-13-22)32-16-5-3-6-17-32)28-23-10-8-9-21(19-23)26-31-30-25-11-4-2-7-18-33(25)26/h8-10,12-15,19-20,28H,2-7,11,16-18H2,1H3,(H,29,34). The summed E-state index contributed by atoms with van der Waals surface area (Å²) in [6, 6.07) is 15.9. The fourth-order valence-corrected chi connectivity index (χ4v) is 4.92. The molecule has 1 amide bonds. The quantitative estimate of drug-likeness (QED) is 0.537. The highest BCUT2D eigenvalue weighted by Crippen LogP contribution is 2.26. The van der Waals surface area contributed by atoms with Crippen molar-refractivity contribution in [3.63, 3.8) is 0 Å². The topological polar surface area (TPSA) is 75.1 Å². The summed E-state index contributed by atoms with van der Waals surface area (Å²) in [7, 11) is 0. The molecule has 1 aromatic heterocycles. The number of carbonyl (C=O) groups is 1. The zero-order valence-electron chi connectivity index (χ0n) is 20.0. The number of benzene rings is 2. The van der Waals surface area contributed by atoms with Crippen molar-refractivity contribution in [2.24, 2.45) is 0 Å². The van der Waals surface area contributed by atoms with Crippen molar-refractivity contribution < 1.29 is 4.79 Å². The van der Waals surface area contributed by atoms with Gasteiger partial charge in [-0.25, -0.2) is 0 Å². The van der Waals surface area contributed by atoms with E-state index in [1.165, 1.54) is 37.8 Å². The van der Waals surface area contributed by atoms with Crippen molar-refractivity contribution in [1.82, 2.24) is 14.8 Å². The number of aromatic nitrogens is 3. The maximum absolute atomic E-state index is 12.8. The molecule has 2 aromatic carbocycles. The number of anilines is 3. The predicted molar refractivity (Wildman–Crippen MR) is 137 cm³/mol. The van der Waals surface area contributed by atoms with E-state index in [0.717, 1.165) is 61.1 Å². The van der Waals surface area contributed by atoms with Crippen LogP contribution in [0.3, 0.4) is 0 Å². The molecule has 0 bridgehead atoms. The first-order valence-electron chi connectivity index (χ1n) is 12.6. The first kappa shape index (κ1) is 22.4. The van der Waals surface area contributed by atoms with Gasteiger partial charge in [0.1, 0.15) is 11.9 Å². The number of fused-ring (bicyclic) bond motifs is 1. The molecule has 1 fully saturated rings. The van der Waals surface area contributed by atoms with Gasteiger partial charge in [0, 0.05) is 48.7 Å². The molecule has 1 saturated heterocycles. The smallest absolute Gasteiger partial charge is 0.246 e. The van der Waals surface area contributed by atoms with Crippen molar-refractivity contribution in [3.8, 4) is 11.4 Å². The summed E-state index contributed by atoms with van der Waals surface area (Å²) < 4.78 is 2.25. The zero-order chi connectivity index (χ0) is 23.3. The molecule has 2 N–H and O–H groups in total. The molecule has 0 spiro atoms. The molecule has 2 aliphatic rings. The lowest BCUT2D eigenvalue weighted by atomic mass is 10.1. The first-order valence-corrected chi connectivity index (χ1v) is 12.6. The van der Waals surface area contributed by atoms with Gasteiger partial charge >= 0.3 is 0 Å². The molecular formula is C27H34N6O. The Hall–Kier alpha value is -3.35. The number of rotatable bonds is 6. The second-order valence-electron chi connectivity index (χ2n) is 9.43. The second-order valence-corrected chi connectivity index (χ2v) is 9.43. The van der Waals surface area contributed by atoms with Crippen LogP contribution in [0.4, 0.5) is 17.1 Å². The number of nitrogens with zero attached hydrogens (tertiary/aromatic N) is 4. The van der Waals surface area contributed by atoms with Gasteiger partial charge in [0.25, 0.3) is 0 Å². The van der Waals surface area contributed by atoms with Crippen molar-refractivity contribution >= 4 is 23.0 Å². The molecule has 0 aliphatic carbocycles. The average molecular weight is 459 g/mol. The summed E-state index contributed by atoms with van der Waals surface area (Å²) in [6.07, 6.45) is 8.38. The molecule has 1 unspecified atom stereocenters. The van der Waals surface area contributed by atoms with Crippen molar-refractivity contribution in [1.29, 1.82) is 0 Å². The fourth-order valence-electron chi connectivity index (χ4n) is 4.92. The molecule has 3 aromatic rings. The van der Waals surface area contributed by atoms with Gasteiger partial charge in [0.05, 0.1) is 0 Å². The number of amides is 1. The molecule has 5 rings (SSSR count). The summed E-state index contributed by atoms with van der Waals surface area (Å²) in [5.74, 6) is 1.92. The lowest BCUT2D eigenvalue weighted by molar-refractivity contribution is -0.116. The Labute approximate surface area is 201 Å². The van der Waals surface area contributed by atoms with Crippen LogP contribution in [0.1, 0.15) is 51.3 Å². The minimum Gasteiger partial charge on any atom is -0.374 e. The second kappa shape index (κ2) is 10.3. The average Bonchev–Trinajstić information content (AvgIpc) is 3.13. The third kappa shape index (κ3) is 5.08. The van der Waals surface area contributed by atoms with E-state index < -0.39 is 0 Å². The van der Waals surface area contributed by atoms with Crippen LogP contribution in [-0.2, 0) is 17.8 Å². The number of piperidine rings is 1. The Morgan fingerprint density at radius 3 is 2.47 bits per heavy atom. The Kier molecular flexibility index (Phi) is 6.79. The van der Waals surface area contributed by atoms with Gasteiger partial charge in [-0.15, -0.1) is 10.2 Å². The Bertz CT molecular complexity index is 1120. The highest BCUT2D eigenvalue weighted by Gasteiger charge is 2.18. The van der Waals surface area contributed by atoms with Gasteiger partial charge in [-0.05, 0) is 75.4 Å². The zero-order valence-corrected chi connectivity index (χ0v) is 20.0. The predicted octanol–water partition coefficient (Wildman–Crippen LogP) is 5.10. The van der Waals surface area contributed by atoms with E-state index in [1.54, 1.807) is 0 Å². The lowest BCUT2D eigenvalue weighted by Gasteiger charge is -2.28. The van der Waals surface area contributed by atoms with Crippen molar-refractivity contribution in [2.75, 3.05) is 28.6 Å². The molecule has 0 saturated carbocycles. The van der Waals surface area contributed by atoms with Gasteiger partial charge in [0.2, 0.25) is 5.91 Å². The van der Waals surface area contributed by atoms with E-state index in [-0.39, 0.29) is 11.9 Å². The molecule has 0 radical (unpaired) electrons. The van der Waals surface area contributed by atoms with Gasteiger partial charge in [0.15, 0.2) is 5.82 Å². The van der Waals surface area contributed by atoms with Crippen LogP contribution in [0.2, 0.25) is 0 Å². The summed E-state index contributed by atoms with van der Waals surface area (Å²) in [5, 5.41) is 15.3. The van der Waals surface area contributed by atoms with Crippen molar-refractivity contribution in [2.45, 2.75) is 64.5 Å². The summed E-state index contributed by atoms with van der Waals surface area (Å²) in [5.41, 5.74) is 3.96. The number of nitrogens with one attached hydrogen (secondary N) is 2. The highest BCUT2D eigenvalue weighted by molar-refractivity contribution is 5.96. The molecule has 34 heavy (non-hydrogen) atoms. The van der Waals surface area contributed by atoms with Gasteiger partial charge in [-0.2, -0.15) is 0 Å². The Balaban J connectivity index is 1.22. The van der Waals surface area contributed by atoms with Crippen LogP contribution >= 0.6 is 0 Å². The fraction of sp³-hybridized carbons (Fsp3) is 0.444. The summed E-state index contributed by atoms with van der Waals surface area (Å²) in [4.78, 5) is 15.3.